The fraction of sp³-hybridized carbons (Fsp3) is 0.676. The van der Waals surface area contributed by atoms with Gasteiger partial charge in [-0.3, -0.25) is 19.3 Å². The quantitative estimate of drug-likeness (QED) is 0.138. The van der Waals surface area contributed by atoms with Crippen LogP contribution in [-0.4, -0.2) is 80.2 Å². The number of fused-ring (bicyclic) bond motifs is 1. The number of esters is 1. The molecule has 2 aromatic rings. The molecule has 2 bridgehead atoms. The third-order valence-corrected chi connectivity index (χ3v) is 12.6. The van der Waals surface area contributed by atoms with E-state index in [0.29, 0.717) is 34.8 Å². The predicted octanol–water partition coefficient (Wildman–Crippen LogP) is 5.24. The topological polar surface area (TPSA) is 138 Å². The van der Waals surface area contributed by atoms with Gasteiger partial charge in [-0.05, 0) is 62.1 Å². The highest BCUT2D eigenvalue weighted by Gasteiger charge is 2.68. The van der Waals surface area contributed by atoms with E-state index in [1.165, 1.54) is 0 Å². The fourth-order valence-corrected chi connectivity index (χ4v) is 9.35. The van der Waals surface area contributed by atoms with E-state index in [9.17, 15) is 19.5 Å². The van der Waals surface area contributed by atoms with Gasteiger partial charge in [-0.15, -0.1) is 6.58 Å². The normalized spacial score (nSPS) is 34.7. The second kappa shape index (κ2) is 12.8. The molecule has 3 fully saturated rings. The minimum absolute atomic E-state index is 0.0481. The third-order valence-electron chi connectivity index (χ3n) is 11.8. The fourth-order valence-electron chi connectivity index (χ4n) is 8.72. The van der Waals surface area contributed by atoms with Gasteiger partial charge >= 0.3 is 5.97 Å². The number of aromatic amines is 1. The minimum Gasteiger partial charge on any atom is -0.461 e. The number of nitrogens with zero attached hydrogens (tertiary/aromatic N) is 3. The van der Waals surface area contributed by atoms with Crippen molar-refractivity contribution in [3.8, 4) is 0 Å². The zero-order valence-electron chi connectivity index (χ0n) is 27.5. The summed E-state index contributed by atoms with van der Waals surface area (Å²) in [6, 6.07) is 1.81. The lowest BCUT2D eigenvalue weighted by atomic mass is 9.44. The first-order valence-corrected chi connectivity index (χ1v) is 17.4. The van der Waals surface area contributed by atoms with E-state index >= 15 is 0 Å². The molecular weight excluding hydrogens is 590 g/mol. The van der Waals surface area contributed by atoms with Crippen LogP contribution in [-0.2, 0) is 19.1 Å². The smallest absolute Gasteiger partial charge is 0.316 e. The number of likely N-dealkylation sites (N-methyl/N-ethyl adjacent to an activating group) is 1. The van der Waals surface area contributed by atoms with Gasteiger partial charge in [0.1, 0.15) is 23.4 Å². The number of amides is 1. The Labute approximate surface area is 270 Å². The Morgan fingerprint density at radius 1 is 1.24 bits per heavy atom. The summed E-state index contributed by atoms with van der Waals surface area (Å²) in [4.78, 5) is 54.3. The third kappa shape index (κ3) is 5.84. The Bertz CT molecular complexity index is 1460. The van der Waals surface area contributed by atoms with Gasteiger partial charge in [0.25, 0.3) is 0 Å². The molecule has 3 saturated carbocycles. The van der Waals surface area contributed by atoms with Crippen LogP contribution >= 0.6 is 11.8 Å². The van der Waals surface area contributed by atoms with Crippen molar-refractivity contribution in [2.75, 3.05) is 30.7 Å². The molecule has 3 aliphatic rings. The average molecular weight is 640 g/mol. The number of hydrogen-bond acceptors (Lipinski definition) is 9. The number of Topliss-reactive ketones (excluding diaryl/α,β-unsaturated/α-hetero) is 1. The second-order valence-corrected chi connectivity index (χ2v) is 14.9. The molecule has 246 valence electrons. The van der Waals surface area contributed by atoms with Crippen molar-refractivity contribution in [1.82, 2.24) is 19.9 Å². The summed E-state index contributed by atoms with van der Waals surface area (Å²) in [6.45, 7) is 18.3. The van der Waals surface area contributed by atoms with Gasteiger partial charge in [0, 0.05) is 29.4 Å². The Morgan fingerprint density at radius 3 is 2.67 bits per heavy atom. The van der Waals surface area contributed by atoms with Gasteiger partial charge < -0.3 is 20.1 Å². The summed E-state index contributed by atoms with van der Waals surface area (Å²) >= 11 is 1.14. The number of thioether (sulfide) groups is 1. The molecule has 3 N–H and O–H groups in total. The van der Waals surface area contributed by atoms with Gasteiger partial charge in [-0.1, -0.05) is 59.4 Å². The van der Waals surface area contributed by atoms with Crippen LogP contribution in [0, 0.1) is 34.0 Å². The largest absolute Gasteiger partial charge is 0.461 e. The Kier molecular flexibility index (Phi) is 9.55. The summed E-state index contributed by atoms with van der Waals surface area (Å²) in [5.74, 6) is -0.251. The summed E-state index contributed by atoms with van der Waals surface area (Å²) in [5.41, 5.74) is -1.04. The van der Waals surface area contributed by atoms with Crippen molar-refractivity contribution < 1.29 is 24.2 Å². The molecule has 0 saturated heterocycles. The molecule has 45 heavy (non-hydrogen) atoms. The van der Waals surface area contributed by atoms with Gasteiger partial charge in [0.2, 0.25) is 5.91 Å². The molecule has 1 amide bonds. The number of rotatable bonds is 10. The molecule has 8 atom stereocenters. The standard InChI is InChI=1S/C34H49N5O5S/c1-8-32(6)17-24(33(7)20(4)11-14-34(21(5)28(32)43)15-12-23(40)27(33)34)44-26(42)19-45-31-37-29-22(13-16-35-29)30(38-31)36-25(41)18-39(9-2)10-3/h8,13,16,20-21,24,27-28,43H,1,9-12,14-15,17-19H2,2-7H3,(H2,35,36,37,38,41)/t20-,21+,24-,27+,28+,32-,33+,34+/m1/s1. The van der Waals surface area contributed by atoms with Crippen LogP contribution in [0.25, 0.3) is 11.0 Å². The number of ether oxygens (including phenoxy) is 1. The highest BCUT2D eigenvalue weighted by atomic mass is 32.2. The van der Waals surface area contributed by atoms with E-state index in [0.717, 1.165) is 44.1 Å². The van der Waals surface area contributed by atoms with Crippen molar-refractivity contribution in [3.05, 3.63) is 24.9 Å². The van der Waals surface area contributed by atoms with Crippen molar-refractivity contribution in [3.63, 3.8) is 0 Å². The first kappa shape index (κ1) is 33.6. The molecule has 0 unspecified atom stereocenters. The summed E-state index contributed by atoms with van der Waals surface area (Å²) in [7, 11) is 0. The van der Waals surface area contributed by atoms with Crippen LogP contribution in [0.2, 0.25) is 0 Å². The maximum absolute atomic E-state index is 13.6. The molecule has 10 nitrogen and oxygen atoms in total. The summed E-state index contributed by atoms with van der Waals surface area (Å²) < 4.78 is 6.37. The molecule has 3 aliphatic carbocycles. The molecular formula is C34H49N5O5S. The maximum Gasteiger partial charge on any atom is 0.316 e. The summed E-state index contributed by atoms with van der Waals surface area (Å²) in [5, 5.41) is 15.7. The molecule has 2 heterocycles. The number of aromatic nitrogens is 3. The molecule has 2 aromatic heterocycles. The molecule has 11 heteroatoms. The number of carbonyl (C=O) groups is 3. The van der Waals surface area contributed by atoms with Gasteiger partial charge in [0.15, 0.2) is 5.16 Å². The monoisotopic (exact) mass is 639 g/mol. The van der Waals surface area contributed by atoms with Crippen LogP contribution in [0.1, 0.15) is 73.6 Å². The van der Waals surface area contributed by atoms with Crippen LogP contribution in [0.3, 0.4) is 0 Å². The van der Waals surface area contributed by atoms with Gasteiger partial charge in [-0.2, -0.15) is 0 Å². The number of aliphatic hydroxyl groups excluding tert-OH is 1. The number of anilines is 1. The lowest BCUT2D eigenvalue weighted by Crippen LogP contribution is -2.63. The lowest BCUT2D eigenvalue weighted by Gasteiger charge is -2.61. The Morgan fingerprint density at radius 2 is 1.98 bits per heavy atom. The first-order chi connectivity index (χ1) is 21.3. The molecule has 0 aliphatic heterocycles. The zero-order valence-corrected chi connectivity index (χ0v) is 28.3. The van der Waals surface area contributed by atoms with E-state index in [1.807, 2.05) is 31.7 Å². The van der Waals surface area contributed by atoms with E-state index < -0.39 is 29.0 Å². The predicted molar refractivity (Wildman–Crippen MR) is 176 cm³/mol. The number of nitrogens with one attached hydrogen (secondary N) is 2. The van der Waals surface area contributed by atoms with Crippen LogP contribution in [0.15, 0.2) is 30.1 Å². The van der Waals surface area contributed by atoms with Crippen LogP contribution in [0.4, 0.5) is 5.82 Å². The highest BCUT2D eigenvalue weighted by molar-refractivity contribution is 7.99. The number of ketones is 1. The second-order valence-electron chi connectivity index (χ2n) is 14.0. The van der Waals surface area contributed by atoms with Gasteiger partial charge in [0.05, 0.1) is 23.8 Å². The van der Waals surface area contributed by atoms with Crippen molar-refractivity contribution in [2.24, 2.45) is 34.0 Å². The van der Waals surface area contributed by atoms with Crippen molar-refractivity contribution in [1.29, 1.82) is 0 Å². The highest BCUT2D eigenvalue weighted by Crippen LogP contribution is 2.68. The molecule has 0 spiro atoms. The molecule has 5 rings (SSSR count). The number of H-pyrrole nitrogens is 1. The van der Waals surface area contributed by atoms with Crippen molar-refractivity contribution >= 4 is 46.3 Å². The number of carbonyl (C=O) groups excluding carboxylic acids is 3. The average Bonchev–Trinajstić information content (AvgIpc) is 3.64. The van der Waals surface area contributed by atoms with Crippen LogP contribution in [0.5, 0.6) is 0 Å². The lowest BCUT2D eigenvalue weighted by molar-refractivity contribution is -0.205. The SMILES string of the molecule is C=C[C@]1(C)C[C@@H](OC(=O)CSc2nc(NC(=O)CN(CC)CC)c3cc[nH]c3n2)[C@]2(C)[C@H](C)CC[C@]3(CCC(=O)[C@H]32)[C@@H](C)[C@@H]1O. The Balaban J connectivity index is 1.38. The maximum atomic E-state index is 13.6. The minimum atomic E-state index is -0.715. The van der Waals surface area contributed by atoms with E-state index in [-0.39, 0.29) is 47.2 Å². The Hall–Kier alpha value is -2.76. The number of aliphatic hydroxyl groups is 1. The molecule has 0 aromatic carbocycles. The molecule has 0 radical (unpaired) electrons. The number of hydrogen-bond donors (Lipinski definition) is 3. The van der Waals surface area contributed by atoms with E-state index in [2.05, 4.69) is 47.6 Å². The van der Waals surface area contributed by atoms with Crippen molar-refractivity contribution in [2.45, 2.75) is 91.0 Å². The zero-order chi connectivity index (χ0) is 32.7. The first-order valence-electron chi connectivity index (χ1n) is 16.4. The van der Waals surface area contributed by atoms with E-state index in [1.54, 1.807) is 12.3 Å². The van der Waals surface area contributed by atoms with E-state index in [4.69, 9.17) is 4.74 Å². The van der Waals surface area contributed by atoms with Gasteiger partial charge in [-0.25, -0.2) is 9.97 Å². The van der Waals surface area contributed by atoms with Crippen LogP contribution < -0.4 is 5.32 Å². The summed E-state index contributed by atoms with van der Waals surface area (Å²) in [6.07, 6.45) is 5.67.